The maximum atomic E-state index is 13.4. The molecule has 0 aliphatic rings. The van der Waals surface area contributed by atoms with Crippen molar-refractivity contribution in [2.45, 2.75) is 6.92 Å². The minimum Gasteiger partial charge on any atom is -0.454 e. The van der Waals surface area contributed by atoms with Gasteiger partial charge >= 0.3 is 0 Å². The molecule has 0 amide bonds. The highest BCUT2D eigenvalue weighted by molar-refractivity contribution is 5.43. The fourth-order valence-corrected chi connectivity index (χ4v) is 1.51. The van der Waals surface area contributed by atoms with Crippen molar-refractivity contribution in [1.29, 1.82) is 5.26 Å². The molecule has 0 unspecified atom stereocenters. The fourth-order valence-electron chi connectivity index (χ4n) is 1.51. The first-order chi connectivity index (χ1) is 8.61. The van der Waals surface area contributed by atoms with Gasteiger partial charge in [0.15, 0.2) is 11.6 Å². The van der Waals surface area contributed by atoms with Crippen molar-refractivity contribution in [3.8, 4) is 17.6 Å². The second-order valence-electron chi connectivity index (χ2n) is 3.74. The quantitative estimate of drug-likeness (QED) is 0.802. The Morgan fingerprint density at radius 3 is 2.61 bits per heavy atom. The summed E-state index contributed by atoms with van der Waals surface area (Å²) in [6.07, 6.45) is 0. The maximum Gasteiger partial charge on any atom is 0.201 e. The lowest BCUT2D eigenvalue weighted by Gasteiger charge is -2.08. The highest BCUT2D eigenvalue weighted by atomic mass is 19.2. The average molecular weight is 245 g/mol. The molecule has 0 atom stereocenters. The Bertz CT molecular complexity index is 632. The molecular weight excluding hydrogens is 236 g/mol. The smallest absolute Gasteiger partial charge is 0.201 e. The molecule has 2 nitrogen and oxygen atoms in total. The van der Waals surface area contributed by atoms with Crippen molar-refractivity contribution < 1.29 is 13.5 Å². The zero-order valence-electron chi connectivity index (χ0n) is 9.58. The van der Waals surface area contributed by atoms with Crippen LogP contribution in [0.1, 0.15) is 11.1 Å². The number of halogens is 2. The highest BCUT2D eigenvalue weighted by Gasteiger charge is 2.10. The van der Waals surface area contributed by atoms with E-state index in [2.05, 4.69) is 0 Å². The molecule has 0 spiro atoms. The van der Waals surface area contributed by atoms with Crippen molar-refractivity contribution in [2.24, 2.45) is 0 Å². The molecule has 0 heterocycles. The zero-order valence-corrected chi connectivity index (χ0v) is 9.58. The standard InChI is InChI=1S/C14H9F2NO/c1-9-7-11(6-5-10(9)8-17)18-13-4-2-3-12(15)14(13)16/h2-7H,1H3. The van der Waals surface area contributed by atoms with Gasteiger partial charge in [0.1, 0.15) is 5.75 Å². The monoisotopic (exact) mass is 245 g/mol. The summed E-state index contributed by atoms with van der Waals surface area (Å²) in [5.74, 6) is -1.81. The molecule has 2 rings (SSSR count). The number of hydrogen-bond donors (Lipinski definition) is 0. The Hall–Kier alpha value is -2.41. The van der Waals surface area contributed by atoms with Crippen LogP contribution in [0.5, 0.6) is 11.5 Å². The molecule has 0 aliphatic carbocycles. The van der Waals surface area contributed by atoms with Gasteiger partial charge in [0.2, 0.25) is 5.82 Å². The Balaban J connectivity index is 2.32. The van der Waals surface area contributed by atoms with Crippen LogP contribution in [0.2, 0.25) is 0 Å². The van der Waals surface area contributed by atoms with Gasteiger partial charge in [0, 0.05) is 0 Å². The van der Waals surface area contributed by atoms with Gasteiger partial charge in [-0.2, -0.15) is 9.65 Å². The molecule has 4 heteroatoms. The third kappa shape index (κ3) is 2.30. The Labute approximate surface area is 103 Å². The van der Waals surface area contributed by atoms with Crippen molar-refractivity contribution >= 4 is 0 Å². The van der Waals surface area contributed by atoms with E-state index in [0.29, 0.717) is 16.9 Å². The van der Waals surface area contributed by atoms with Crippen molar-refractivity contribution in [2.75, 3.05) is 0 Å². The number of nitrogens with zero attached hydrogens (tertiary/aromatic N) is 1. The molecule has 0 aliphatic heterocycles. The van der Waals surface area contributed by atoms with E-state index >= 15 is 0 Å². The van der Waals surface area contributed by atoms with Gasteiger partial charge in [-0.1, -0.05) is 6.07 Å². The van der Waals surface area contributed by atoms with E-state index in [0.717, 1.165) is 6.07 Å². The predicted molar refractivity (Wildman–Crippen MR) is 62.3 cm³/mol. The first-order valence-corrected chi connectivity index (χ1v) is 5.24. The molecule has 0 radical (unpaired) electrons. The molecule has 0 bridgehead atoms. The van der Waals surface area contributed by atoms with Crippen LogP contribution >= 0.6 is 0 Å². The van der Waals surface area contributed by atoms with Crippen LogP contribution in [0.15, 0.2) is 36.4 Å². The lowest BCUT2D eigenvalue weighted by molar-refractivity contribution is 0.416. The van der Waals surface area contributed by atoms with Crippen LogP contribution in [0.4, 0.5) is 8.78 Å². The topological polar surface area (TPSA) is 33.0 Å². The second-order valence-corrected chi connectivity index (χ2v) is 3.74. The van der Waals surface area contributed by atoms with Gasteiger partial charge in [0.05, 0.1) is 11.6 Å². The average Bonchev–Trinajstić information content (AvgIpc) is 2.35. The predicted octanol–water partition coefficient (Wildman–Crippen LogP) is 3.94. The number of rotatable bonds is 2. The van der Waals surface area contributed by atoms with Gasteiger partial charge < -0.3 is 4.74 Å². The Morgan fingerprint density at radius 1 is 1.17 bits per heavy atom. The number of nitriles is 1. The van der Waals surface area contributed by atoms with Crippen molar-refractivity contribution in [3.63, 3.8) is 0 Å². The van der Waals surface area contributed by atoms with Crippen LogP contribution in [0, 0.1) is 29.9 Å². The van der Waals surface area contributed by atoms with Gasteiger partial charge in [-0.3, -0.25) is 0 Å². The first kappa shape index (κ1) is 12.1. The summed E-state index contributed by atoms with van der Waals surface area (Å²) in [6, 6.07) is 10.5. The molecule has 0 saturated heterocycles. The third-order valence-electron chi connectivity index (χ3n) is 2.46. The minimum atomic E-state index is -1.03. The lowest BCUT2D eigenvalue weighted by Crippen LogP contribution is -1.92. The van der Waals surface area contributed by atoms with Crippen LogP contribution in [-0.4, -0.2) is 0 Å². The van der Waals surface area contributed by atoms with E-state index in [4.69, 9.17) is 10.00 Å². The van der Waals surface area contributed by atoms with Gasteiger partial charge in [0.25, 0.3) is 0 Å². The maximum absolute atomic E-state index is 13.4. The Kier molecular flexibility index (Phi) is 3.24. The second kappa shape index (κ2) is 4.84. The van der Waals surface area contributed by atoms with E-state index < -0.39 is 11.6 Å². The summed E-state index contributed by atoms with van der Waals surface area (Å²) in [4.78, 5) is 0. The number of ether oxygens (including phenoxy) is 1. The van der Waals surface area contributed by atoms with E-state index in [-0.39, 0.29) is 5.75 Å². The molecule has 0 N–H and O–H groups in total. The molecule has 18 heavy (non-hydrogen) atoms. The molecule has 2 aromatic carbocycles. The normalized spacial score (nSPS) is 9.89. The van der Waals surface area contributed by atoms with E-state index in [1.807, 2.05) is 6.07 Å². The van der Waals surface area contributed by atoms with Gasteiger partial charge in [-0.05, 0) is 42.8 Å². The Morgan fingerprint density at radius 2 is 1.94 bits per heavy atom. The van der Waals surface area contributed by atoms with Crippen LogP contribution in [0.25, 0.3) is 0 Å². The molecule has 2 aromatic rings. The zero-order chi connectivity index (χ0) is 13.1. The van der Waals surface area contributed by atoms with Crippen LogP contribution < -0.4 is 4.74 Å². The lowest BCUT2D eigenvalue weighted by atomic mass is 10.1. The molecule has 0 fully saturated rings. The third-order valence-corrected chi connectivity index (χ3v) is 2.46. The molecule has 90 valence electrons. The summed E-state index contributed by atoms with van der Waals surface area (Å²) >= 11 is 0. The fraction of sp³-hybridized carbons (Fsp3) is 0.0714. The number of hydrogen-bond acceptors (Lipinski definition) is 2. The van der Waals surface area contributed by atoms with Crippen molar-refractivity contribution in [1.82, 2.24) is 0 Å². The van der Waals surface area contributed by atoms with Crippen molar-refractivity contribution in [3.05, 3.63) is 59.2 Å². The molecule has 0 saturated carbocycles. The largest absolute Gasteiger partial charge is 0.454 e. The number of benzene rings is 2. The molecular formula is C14H9F2NO. The minimum absolute atomic E-state index is 0.181. The van der Waals surface area contributed by atoms with Gasteiger partial charge in [-0.15, -0.1) is 0 Å². The summed E-state index contributed by atoms with van der Waals surface area (Å²) < 4.78 is 31.6. The summed E-state index contributed by atoms with van der Waals surface area (Å²) in [5, 5.41) is 8.78. The van der Waals surface area contributed by atoms with Gasteiger partial charge in [-0.25, -0.2) is 4.39 Å². The van der Waals surface area contributed by atoms with Crippen LogP contribution in [-0.2, 0) is 0 Å². The van der Waals surface area contributed by atoms with Crippen LogP contribution in [0.3, 0.4) is 0 Å². The molecule has 0 aromatic heterocycles. The van der Waals surface area contributed by atoms with E-state index in [1.54, 1.807) is 19.1 Å². The summed E-state index contributed by atoms with van der Waals surface area (Å²) in [5.41, 5.74) is 1.23. The summed E-state index contributed by atoms with van der Waals surface area (Å²) in [6.45, 7) is 1.74. The SMILES string of the molecule is Cc1cc(Oc2cccc(F)c2F)ccc1C#N. The van der Waals surface area contributed by atoms with E-state index in [9.17, 15) is 8.78 Å². The van der Waals surface area contributed by atoms with E-state index in [1.165, 1.54) is 18.2 Å². The highest BCUT2D eigenvalue weighted by Crippen LogP contribution is 2.27. The number of aryl methyl sites for hydroxylation is 1. The summed E-state index contributed by atoms with van der Waals surface area (Å²) in [7, 11) is 0. The first-order valence-electron chi connectivity index (χ1n) is 5.24.